The van der Waals surface area contributed by atoms with Crippen molar-refractivity contribution in [1.82, 2.24) is 15.6 Å². The van der Waals surface area contributed by atoms with E-state index in [1.165, 1.54) is 65.2 Å². The van der Waals surface area contributed by atoms with Crippen LogP contribution in [0.15, 0.2) is 0 Å². The minimum atomic E-state index is -0.843. The van der Waals surface area contributed by atoms with Gasteiger partial charge in [-0.05, 0) is 0 Å². The van der Waals surface area contributed by atoms with Gasteiger partial charge in [-0.3, -0.25) is 0 Å². The van der Waals surface area contributed by atoms with Crippen LogP contribution in [0, 0.1) is 0 Å². The van der Waals surface area contributed by atoms with Crippen molar-refractivity contribution in [3.05, 3.63) is 0 Å². The van der Waals surface area contributed by atoms with Gasteiger partial charge < -0.3 is 0 Å². The summed E-state index contributed by atoms with van der Waals surface area (Å²) in [5.74, 6) is 0. The van der Waals surface area contributed by atoms with E-state index in [9.17, 15) is 0 Å². The van der Waals surface area contributed by atoms with Gasteiger partial charge in [-0.25, -0.2) is 0 Å². The molecule has 5 heteroatoms. The molecular formula is C18H41InN4. The van der Waals surface area contributed by atoms with E-state index < -0.39 is 23.5 Å². The molecule has 2 unspecified atom stereocenters. The minimum absolute atomic E-state index is 0.744. The summed E-state index contributed by atoms with van der Waals surface area (Å²) in [4.78, 5) is 5.18. The number of hydrogen-bond donors (Lipinski definition) is 0. The summed E-state index contributed by atoms with van der Waals surface area (Å²) >= 11 is -0.843. The van der Waals surface area contributed by atoms with Crippen molar-refractivity contribution in [2.45, 2.75) is 66.5 Å². The van der Waals surface area contributed by atoms with Crippen molar-refractivity contribution in [1.29, 1.82) is 0 Å². The normalized spacial score (nSPS) is 19.5. The Bertz CT molecular complexity index is 267. The summed E-state index contributed by atoms with van der Waals surface area (Å²) in [6.45, 7) is 24.1. The van der Waals surface area contributed by atoms with E-state index in [0.717, 1.165) is 12.1 Å². The Balaban J connectivity index is 2.22. The zero-order valence-electron chi connectivity index (χ0n) is 16.7. The van der Waals surface area contributed by atoms with Crippen molar-refractivity contribution in [2.24, 2.45) is 0 Å². The molecule has 0 N–H and O–H groups in total. The molecule has 0 saturated carbocycles. The van der Waals surface area contributed by atoms with Gasteiger partial charge in [-0.1, -0.05) is 0 Å². The average molecular weight is 428 g/mol. The van der Waals surface area contributed by atoms with E-state index in [2.05, 4.69) is 57.1 Å². The number of rotatable bonds is 12. The number of nitrogens with zero attached hydrogens (tertiary/aromatic N) is 4. The fourth-order valence-corrected chi connectivity index (χ4v) is 8.95. The summed E-state index contributed by atoms with van der Waals surface area (Å²) in [7, 11) is 0. The van der Waals surface area contributed by atoms with Crippen LogP contribution in [0.4, 0.5) is 0 Å². The molecule has 0 bridgehead atoms. The summed E-state index contributed by atoms with van der Waals surface area (Å²) in [6.07, 6.45) is 2.70. The third kappa shape index (κ3) is 7.64. The van der Waals surface area contributed by atoms with Crippen LogP contribution < -0.4 is 0 Å². The van der Waals surface area contributed by atoms with Crippen molar-refractivity contribution in [2.75, 3.05) is 52.4 Å². The van der Waals surface area contributed by atoms with Gasteiger partial charge in [-0.2, -0.15) is 0 Å². The van der Waals surface area contributed by atoms with Crippen molar-refractivity contribution >= 4 is 23.5 Å². The Morgan fingerprint density at radius 1 is 0.739 bits per heavy atom. The predicted molar refractivity (Wildman–Crippen MR) is 104 cm³/mol. The van der Waals surface area contributed by atoms with Crippen molar-refractivity contribution in [3.63, 3.8) is 0 Å². The third-order valence-corrected chi connectivity index (χ3v) is 11.6. The van der Waals surface area contributed by atoms with Gasteiger partial charge in [0.05, 0.1) is 0 Å². The van der Waals surface area contributed by atoms with Gasteiger partial charge in [0.1, 0.15) is 0 Å². The second-order valence-corrected chi connectivity index (χ2v) is 13.0. The van der Waals surface area contributed by atoms with E-state index in [-0.39, 0.29) is 0 Å². The van der Waals surface area contributed by atoms with Crippen molar-refractivity contribution < 1.29 is 0 Å². The molecule has 1 heterocycles. The fraction of sp³-hybridized carbons (Fsp3) is 1.00. The molecule has 0 aromatic heterocycles. The Morgan fingerprint density at radius 2 is 1.09 bits per heavy atom. The van der Waals surface area contributed by atoms with Crippen LogP contribution in [0.3, 0.4) is 0 Å². The van der Waals surface area contributed by atoms with E-state index in [0.29, 0.717) is 0 Å². The molecule has 4 nitrogen and oxygen atoms in total. The molecule has 1 rings (SSSR count). The maximum atomic E-state index is 2.85. The third-order valence-electron chi connectivity index (χ3n) is 5.73. The second kappa shape index (κ2) is 12.1. The van der Waals surface area contributed by atoms with Crippen LogP contribution in [-0.2, 0) is 0 Å². The van der Waals surface area contributed by atoms with Gasteiger partial charge in [-0.15, -0.1) is 0 Å². The molecule has 1 saturated heterocycles. The van der Waals surface area contributed by atoms with E-state index in [4.69, 9.17) is 0 Å². The molecule has 0 aromatic rings. The van der Waals surface area contributed by atoms with Crippen molar-refractivity contribution in [3.8, 4) is 0 Å². The monoisotopic (exact) mass is 428 g/mol. The zero-order chi connectivity index (χ0) is 17.2. The van der Waals surface area contributed by atoms with Crippen LogP contribution in [0.2, 0.25) is 0 Å². The van der Waals surface area contributed by atoms with E-state index >= 15 is 0 Å². The fourth-order valence-electron chi connectivity index (χ4n) is 3.87. The summed E-state index contributed by atoms with van der Waals surface area (Å²) in [6, 6.07) is 1.49. The average Bonchev–Trinajstić information content (AvgIpc) is 3.01. The van der Waals surface area contributed by atoms with Gasteiger partial charge in [0.15, 0.2) is 0 Å². The van der Waals surface area contributed by atoms with Crippen LogP contribution in [0.1, 0.15) is 54.4 Å². The molecule has 2 atom stereocenters. The Labute approximate surface area is 157 Å². The molecule has 0 spiro atoms. The van der Waals surface area contributed by atoms with Gasteiger partial charge in [0, 0.05) is 0 Å². The zero-order valence-corrected chi connectivity index (χ0v) is 20.8. The van der Waals surface area contributed by atoms with Gasteiger partial charge in [0.2, 0.25) is 0 Å². The first kappa shape index (κ1) is 21.8. The first-order valence-electron chi connectivity index (χ1n) is 9.98. The van der Waals surface area contributed by atoms with E-state index in [1.54, 1.807) is 0 Å². The van der Waals surface area contributed by atoms with Crippen LogP contribution in [-0.4, -0.2) is 103 Å². The standard InChI is InChI=1S/C18H40N4.In.H/c1-7-21(8-2)17(5)11-13-19-15-16-20-14-12-18(6)22(9-3)10-4;;/h17-18H,7-16H2,1-6H3;;/q-2;+2;. The molecule has 136 valence electrons. The Kier molecular flexibility index (Phi) is 11.5. The molecule has 1 aliphatic heterocycles. The molecule has 1 aliphatic rings. The molecule has 0 amide bonds. The van der Waals surface area contributed by atoms with Crippen LogP contribution >= 0.6 is 0 Å². The maximum absolute atomic E-state index is 2.85. The quantitative estimate of drug-likeness (QED) is 0.472. The van der Waals surface area contributed by atoms with Gasteiger partial charge >= 0.3 is 158 Å². The second-order valence-electron chi connectivity index (χ2n) is 7.10. The molecule has 0 radical (unpaired) electrons. The number of hydrogen-bond acceptors (Lipinski definition) is 4. The van der Waals surface area contributed by atoms with Crippen LogP contribution in [0.5, 0.6) is 0 Å². The summed E-state index contributed by atoms with van der Waals surface area (Å²) < 4.78 is 5.70. The molecule has 23 heavy (non-hydrogen) atoms. The molecule has 0 aromatic carbocycles. The Morgan fingerprint density at radius 3 is 1.39 bits per heavy atom. The first-order valence-corrected chi connectivity index (χ1v) is 13.6. The van der Waals surface area contributed by atoms with Crippen LogP contribution in [0.25, 0.3) is 0 Å². The predicted octanol–water partition coefficient (Wildman–Crippen LogP) is 2.11. The first-order chi connectivity index (χ1) is 11.0. The topological polar surface area (TPSA) is 13.0 Å². The molecule has 1 fully saturated rings. The molecule has 0 aliphatic carbocycles. The molecular weight excluding hydrogens is 387 g/mol. The summed E-state index contributed by atoms with van der Waals surface area (Å²) in [5, 5.41) is 0. The summed E-state index contributed by atoms with van der Waals surface area (Å²) in [5.41, 5.74) is 0. The SMILES string of the molecule is CCN(CC)C(C)CC[N]1CC[N](CCC(C)N(CC)CC)[InH]1. The Hall–Kier alpha value is 0.710. The van der Waals surface area contributed by atoms with Gasteiger partial charge in [0.25, 0.3) is 0 Å². The van der Waals surface area contributed by atoms with E-state index in [1.807, 2.05) is 0 Å².